The van der Waals surface area contributed by atoms with Crippen molar-refractivity contribution in [1.29, 1.82) is 0 Å². The Kier molecular flexibility index (Phi) is 6.22. The standard InChI is InChI=1S/C29H21N5O4S/c1-18(35)38-24-11-7-6-10-23(24)27-30-29-34(32-27)28(36)25(39-29)16-20-17-33(21-8-4-3-5-9-21)31-26(20)19-12-14-22(37-2)15-13-19/h3-17H,1-2H3. The Hall–Kier alpha value is -5.09. The van der Waals surface area contributed by atoms with E-state index in [0.29, 0.717) is 26.6 Å². The maximum Gasteiger partial charge on any atom is 0.308 e. The molecule has 0 amide bonds. The minimum Gasteiger partial charge on any atom is -0.497 e. The third-order valence-corrected chi connectivity index (χ3v) is 6.94. The third kappa shape index (κ3) is 4.69. The number of benzene rings is 3. The summed E-state index contributed by atoms with van der Waals surface area (Å²) >= 11 is 1.23. The number of carbonyl (C=O) groups excluding carboxylic acids is 1. The second-order valence-corrected chi connectivity index (χ2v) is 9.59. The van der Waals surface area contributed by atoms with Gasteiger partial charge in [-0.25, -0.2) is 4.68 Å². The van der Waals surface area contributed by atoms with Crippen LogP contribution >= 0.6 is 11.3 Å². The van der Waals surface area contributed by atoms with Crippen molar-refractivity contribution < 1.29 is 14.3 Å². The largest absolute Gasteiger partial charge is 0.497 e. The van der Waals surface area contributed by atoms with Gasteiger partial charge in [0.1, 0.15) is 17.2 Å². The number of esters is 1. The van der Waals surface area contributed by atoms with Crippen LogP contribution in [-0.4, -0.2) is 37.5 Å². The number of aromatic nitrogens is 5. The van der Waals surface area contributed by atoms with Crippen molar-refractivity contribution in [3.05, 3.63) is 106 Å². The highest BCUT2D eigenvalue weighted by Crippen LogP contribution is 2.29. The molecule has 0 N–H and O–H groups in total. The molecule has 3 aromatic heterocycles. The van der Waals surface area contributed by atoms with Gasteiger partial charge in [-0.3, -0.25) is 9.59 Å². The van der Waals surface area contributed by atoms with E-state index in [2.05, 4.69) is 10.1 Å². The van der Waals surface area contributed by atoms with E-state index in [1.54, 1.807) is 36.1 Å². The van der Waals surface area contributed by atoms with Gasteiger partial charge < -0.3 is 9.47 Å². The Morgan fingerprint density at radius 2 is 1.69 bits per heavy atom. The van der Waals surface area contributed by atoms with E-state index in [0.717, 1.165) is 28.3 Å². The summed E-state index contributed by atoms with van der Waals surface area (Å²) in [6, 6.07) is 24.3. The lowest BCUT2D eigenvalue weighted by atomic mass is 10.1. The molecule has 0 spiro atoms. The number of para-hydroxylation sites is 2. The van der Waals surface area contributed by atoms with Gasteiger partial charge in [0, 0.05) is 24.2 Å². The van der Waals surface area contributed by atoms with E-state index >= 15 is 0 Å². The molecular weight excluding hydrogens is 514 g/mol. The average molecular weight is 536 g/mol. The highest BCUT2D eigenvalue weighted by Gasteiger charge is 2.17. The topological polar surface area (TPSA) is 101 Å². The molecule has 10 heteroatoms. The molecule has 0 unspecified atom stereocenters. The van der Waals surface area contributed by atoms with Crippen LogP contribution in [0.1, 0.15) is 12.5 Å². The molecule has 0 bridgehead atoms. The predicted molar refractivity (Wildman–Crippen MR) is 148 cm³/mol. The first-order valence-corrected chi connectivity index (χ1v) is 12.8. The van der Waals surface area contributed by atoms with Crippen molar-refractivity contribution in [2.45, 2.75) is 6.92 Å². The fourth-order valence-electron chi connectivity index (χ4n) is 4.16. The molecule has 9 nitrogen and oxygen atoms in total. The van der Waals surface area contributed by atoms with E-state index in [4.69, 9.17) is 14.6 Å². The summed E-state index contributed by atoms with van der Waals surface area (Å²) in [7, 11) is 1.62. The van der Waals surface area contributed by atoms with Crippen LogP contribution in [0.15, 0.2) is 89.9 Å². The van der Waals surface area contributed by atoms with E-state index in [1.165, 1.54) is 22.8 Å². The van der Waals surface area contributed by atoms with Crippen LogP contribution in [0, 0.1) is 0 Å². The summed E-state index contributed by atoms with van der Waals surface area (Å²) in [5.41, 5.74) is 3.49. The second-order valence-electron chi connectivity index (χ2n) is 8.58. The number of rotatable bonds is 6. The van der Waals surface area contributed by atoms with E-state index in [-0.39, 0.29) is 5.56 Å². The Morgan fingerprint density at radius 1 is 0.949 bits per heavy atom. The van der Waals surface area contributed by atoms with Crippen LogP contribution in [0.4, 0.5) is 0 Å². The molecule has 0 atom stereocenters. The zero-order valence-corrected chi connectivity index (χ0v) is 21.8. The maximum atomic E-state index is 13.4. The van der Waals surface area contributed by atoms with Crippen molar-refractivity contribution in [3.8, 4) is 39.8 Å². The van der Waals surface area contributed by atoms with Gasteiger partial charge in [0.25, 0.3) is 5.56 Å². The van der Waals surface area contributed by atoms with Gasteiger partial charge in [-0.05, 0) is 54.6 Å². The van der Waals surface area contributed by atoms with Crippen LogP contribution in [-0.2, 0) is 4.79 Å². The first-order valence-electron chi connectivity index (χ1n) is 12.0. The highest BCUT2D eigenvalue weighted by atomic mass is 32.1. The molecule has 3 heterocycles. The second kappa shape index (κ2) is 9.99. The molecule has 192 valence electrons. The van der Waals surface area contributed by atoms with E-state index in [1.807, 2.05) is 66.9 Å². The Bertz CT molecular complexity index is 1920. The molecule has 0 aliphatic rings. The van der Waals surface area contributed by atoms with Gasteiger partial charge in [-0.2, -0.15) is 14.6 Å². The highest BCUT2D eigenvalue weighted by molar-refractivity contribution is 7.15. The molecule has 0 fully saturated rings. The molecule has 6 rings (SSSR count). The summed E-state index contributed by atoms with van der Waals surface area (Å²) in [5.74, 6) is 0.927. The van der Waals surface area contributed by atoms with Crippen molar-refractivity contribution >= 4 is 28.3 Å². The Labute approximate surface area is 226 Å². The zero-order valence-electron chi connectivity index (χ0n) is 20.9. The molecule has 39 heavy (non-hydrogen) atoms. The summed E-state index contributed by atoms with van der Waals surface area (Å²) in [6.07, 6.45) is 3.70. The lowest BCUT2D eigenvalue weighted by Crippen LogP contribution is -2.23. The minimum atomic E-state index is -0.450. The summed E-state index contributed by atoms with van der Waals surface area (Å²) < 4.78 is 14.1. The van der Waals surface area contributed by atoms with Crippen LogP contribution in [0.5, 0.6) is 11.5 Å². The van der Waals surface area contributed by atoms with Crippen LogP contribution < -0.4 is 19.6 Å². The number of ether oxygens (including phenoxy) is 2. The number of methoxy groups -OCH3 is 1. The average Bonchev–Trinajstić information content (AvgIpc) is 3.64. The molecule has 6 aromatic rings. The number of hydrogen-bond acceptors (Lipinski definition) is 8. The molecular formula is C29H21N5O4S. The van der Waals surface area contributed by atoms with Gasteiger partial charge in [-0.15, -0.1) is 5.10 Å². The van der Waals surface area contributed by atoms with Crippen molar-refractivity contribution in [3.63, 3.8) is 0 Å². The van der Waals surface area contributed by atoms with E-state index in [9.17, 15) is 9.59 Å². The normalized spacial score (nSPS) is 11.7. The first kappa shape index (κ1) is 24.3. The van der Waals surface area contributed by atoms with Crippen LogP contribution in [0.3, 0.4) is 0 Å². The van der Waals surface area contributed by atoms with E-state index < -0.39 is 5.97 Å². The van der Waals surface area contributed by atoms with Gasteiger partial charge in [0.2, 0.25) is 4.96 Å². The molecule has 0 saturated heterocycles. The van der Waals surface area contributed by atoms with Crippen molar-refractivity contribution in [2.24, 2.45) is 0 Å². The maximum absolute atomic E-state index is 13.4. The van der Waals surface area contributed by atoms with Gasteiger partial charge in [0.15, 0.2) is 5.82 Å². The van der Waals surface area contributed by atoms with Crippen molar-refractivity contribution in [1.82, 2.24) is 24.4 Å². The summed E-state index contributed by atoms with van der Waals surface area (Å²) in [6.45, 7) is 1.33. The fourth-order valence-corrected chi connectivity index (χ4v) is 5.06. The lowest BCUT2D eigenvalue weighted by Gasteiger charge is -2.04. The predicted octanol–water partition coefficient (Wildman–Crippen LogP) is 4.15. The SMILES string of the molecule is COc1ccc(-c2nn(-c3ccccc3)cc2C=c2sc3nc(-c4ccccc4OC(C)=O)nn3c2=O)cc1. The molecule has 3 aromatic carbocycles. The van der Waals surface area contributed by atoms with Crippen LogP contribution in [0.25, 0.3) is 39.4 Å². The Balaban J connectivity index is 1.46. The molecule has 0 aliphatic carbocycles. The fraction of sp³-hybridized carbons (Fsp3) is 0.0690. The lowest BCUT2D eigenvalue weighted by molar-refractivity contribution is -0.131. The quantitative estimate of drug-likeness (QED) is 0.233. The number of fused-ring (bicyclic) bond motifs is 1. The van der Waals surface area contributed by atoms with Gasteiger partial charge >= 0.3 is 5.97 Å². The van der Waals surface area contributed by atoms with Gasteiger partial charge in [0.05, 0.1) is 22.9 Å². The summed E-state index contributed by atoms with van der Waals surface area (Å²) in [5, 5.41) is 9.25. The monoisotopic (exact) mass is 535 g/mol. The van der Waals surface area contributed by atoms with Crippen molar-refractivity contribution in [2.75, 3.05) is 7.11 Å². The number of thiazole rings is 1. The number of nitrogens with zero attached hydrogens (tertiary/aromatic N) is 5. The molecule has 0 aliphatic heterocycles. The minimum absolute atomic E-state index is 0.299. The number of hydrogen-bond donors (Lipinski definition) is 0. The molecule has 0 radical (unpaired) electrons. The van der Waals surface area contributed by atoms with Crippen LogP contribution in [0.2, 0.25) is 0 Å². The Morgan fingerprint density at radius 3 is 2.41 bits per heavy atom. The third-order valence-electron chi connectivity index (χ3n) is 5.98. The molecule has 0 saturated carbocycles. The van der Waals surface area contributed by atoms with Gasteiger partial charge in [-0.1, -0.05) is 41.7 Å². The zero-order chi connectivity index (χ0) is 26.9. The first-order chi connectivity index (χ1) is 19.0. The smallest absolute Gasteiger partial charge is 0.308 e. The number of carbonyl (C=O) groups is 1. The summed E-state index contributed by atoms with van der Waals surface area (Å²) in [4.78, 5) is 29.9.